The van der Waals surface area contributed by atoms with Gasteiger partial charge in [-0.1, -0.05) is 31.1 Å². The molecular formula is C27H32N6O3. The number of nitrogens with zero attached hydrogens (tertiary/aromatic N) is 5. The lowest BCUT2D eigenvalue weighted by Crippen LogP contribution is -2.33. The van der Waals surface area contributed by atoms with Crippen molar-refractivity contribution in [1.82, 2.24) is 20.0 Å². The van der Waals surface area contributed by atoms with Crippen molar-refractivity contribution in [3.8, 4) is 28.9 Å². The topological polar surface area (TPSA) is 128 Å². The SMILES string of the molecule is Cc1c(-c2noc(-c3cnc(NC(C)C)c(C#N)c3)n2)ccc2c1CCN(C(=O)O)CC2CC(C)C. The summed E-state index contributed by atoms with van der Waals surface area (Å²) < 4.78 is 5.55. The number of aromatic nitrogens is 3. The van der Waals surface area contributed by atoms with Gasteiger partial charge < -0.3 is 19.8 Å². The smallest absolute Gasteiger partial charge is 0.407 e. The van der Waals surface area contributed by atoms with E-state index in [0.29, 0.717) is 48.2 Å². The van der Waals surface area contributed by atoms with Crippen LogP contribution in [0.25, 0.3) is 22.8 Å². The first-order valence-electron chi connectivity index (χ1n) is 12.3. The van der Waals surface area contributed by atoms with Crippen LogP contribution in [-0.4, -0.2) is 50.4 Å². The van der Waals surface area contributed by atoms with Crippen LogP contribution in [0.2, 0.25) is 0 Å². The first-order chi connectivity index (χ1) is 17.2. The predicted molar refractivity (Wildman–Crippen MR) is 137 cm³/mol. The molecule has 0 bridgehead atoms. The lowest BCUT2D eigenvalue weighted by Gasteiger charge is -2.24. The van der Waals surface area contributed by atoms with Gasteiger partial charge in [0.2, 0.25) is 5.82 Å². The van der Waals surface area contributed by atoms with Gasteiger partial charge >= 0.3 is 6.09 Å². The summed E-state index contributed by atoms with van der Waals surface area (Å²) in [6.07, 6.45) is 2.29. The maximum Gasteiger partial charge on any atom is 0.407 e. The van der Waals surface area contributed by atoms with E-state index in [1.54, 1.807) is 12.3 Å². The third-order valence-electron chi connectivity index (χ3n) is 6.52. The zero-order valence-electron chi connectivity index (χ0n) is 21.4. The summed E-state index contributed by atoms with van der Waals surface area (Å²) in [5.74, 6) is 1.84. The highest BCUT2D eigenvalue weighted by atomic mass is 16.5. The van der Waals surface area contributed by atoms with Crippen molar-refractivity contribution < 1.29 is 14.4 Å². The molecule has 1 unspecified atom stereocenters. The Balaban J connectivity index is 1.69. The Morgan fingerprint density at radius 3 is 2.78 bits per heavy atom. The Morgan fingerprint density at radius 2 is 2.11 bits per heavy atom. The minimum atomic E-state index is -0.878. The van der Waals surface area contributed by atoms with E-state index in [2.05, 4.69) is 46.4 Å². The lowest BCUT2D eigenvalue weighted by molar-refractivity contribution is 0.142. The molecule has 36 heavy (non-hydrogen) atoms. The molecule has 0 radical (unpaired) electrons. The fourth-order valence-corrected chi connectivity index (χ4v) is 4.89. The highest BCUT2D eigenvalue weighted by molar-refractivity contribution is 5.68. The standard InChI is InChI=1S/C27H32N6O3/c1-15(2)10-20-14-33(27(34)35)9-8-21-17(5)22(6-7-23(20)21)25-31-26(36-32-25)19-11-18(12-28)24(29-13-19)30-16(3)4/h6-7,11,13,15-16,20H,8-10,14H2,1-5H3,(H,29,30)(H,34,35). The van der Waals surface area contributed by atoms with Gasteiger partial charge in [-0.15, -0.1) is 0 Å². The number of anilines is 1. The number of nitriles is 1. The summed E-state index contributed by atoms with van der Waals surface area (Å²) in [6, 6.07) is 8.09. The van der Waals surface area contributed by atoms with Crippen LogP contribution in [0.1, 0.15) is 62.3 Å². The Labute approximate surface area is 211 Å². The molecule has 1 atom stereocenters. The molecule has 0 spiro atoms. The Hall–Kier alpha value is -3.93. The summed E-state index contributed by atoms with van der Waals surface area (Å²) in [5.41, 5.74) is 5.22. The first-order valence-corrected chi connectivity index (χ1v) is 12.3. The van der Waals surface area contributed by atoms with E-state index in [0.717, 1.165) is 23.1 Å². The Kier molecular flexibility index (Phi) is 7.25. The summed E-state index contributed by atoms with van der Waals surface area (Å²) in [4.78, 5) is 22.3. The second-order valence-corrected chi connectivity index (χ2v) is 10.1. The number of carboxylic acid groups (broad SMARTS) is 1. The molecule has 1 amide bonds. The van der Waals surface area contributed by atoms with E-state index in [1.165, 1.54) is 10.5 Å². The first kappa shape index (κ1) is 25.2. The molecule has 1 aromatic carbocycles. The average molecular weight is 489 g/mol. The fourth-order valence-electron chi connectivity index (χ4n) is 4.89. The van der Waals surface area contributed by atoms with Crippen molar-refractivity contribution in [1.29, 1.82) is 5.26 Å². The molecule has 9 heteroatoms. The molecule has 0 fully saturated rings. The van der Waals surface area contributed by atoms with Crippen LogP contribution >= 0.6 is 0 Å². The van der Waals surface area contributed by atoms with E-state index in [4.69, 9.17) is 4.52 Å². The molecule has 3 aromatic rings. The van der Waals surface area contributed by atoms with Crippen molar-refractivity contribution >= 4 is 11.9 Å². The van der Waals surface area contributed by atoms with Gasteiger partial charge in [0.25, 0.3) is 5.89 Å². The van der Waals surface area contributed by atoms with E-state index in [1.807, 2.05) is 26.8 Å². The van der Waals surface area contributed by atoms with Crippen LogP contribution in [0, 0.1) is 24.2 Å². The van der Waals surface area contributed by atoms with Crippen molar-refractivity contribution in [3.05, 3.63) is 46.6 Å². The number of pyridine rings is 1. The summed E-state index contributed by atoms with van der Waals surface area (Å²) in [7, 11) is 0. The van der Waals surface area contributed by atoms with Gasteiger partial charge in [0.1, 0.15) is 11.9 Å². The van der Waals surface area contributed by atoms with Gasteiger partial charge in [0.05, 0.1) is 11.1 Å². The second kappa shape index (κ2) is 10.4. The zero-order chi connectivity index (χ0) is 26.0. The molecule has 0 saturated carbocycles. The van der Waals surface area contributed by atoms with Crippen LogP contribution in [0.3, 0.4) is 0 Å². The van der Waals surface area contributed by atoms with Crippen LogP contribution in [0.5, 0.6) is 0 Å². The molecule has 9 nitrogen and oxygen atoms in total. The molecule has 1 aliphatic rings. The number of amides is 1. The van der Waals surface area contributed by atoms with E-state index in [9.17, 15) is 15.2 Å². The van der Waals surface area contributed by atoms with Crippen molar-refractivity contribution in [3.63, 3.8) is 0 Å². The van der Waals surface area contributed by atoms with Gasteiger partial charge in [-0.3, -0.25) is 0 Å². The van der Waals surface area contributed by atoms with Gasteiger partial charge in [0.15, 0.2) is 0 Å². The summed E-state index contributed by atoms with van der Waals surface area (Å²) in [5, 5.41) is 26.6. The molecule has 2 aromatic heterocycles. The van der Waals surface area contributed by atoms with Crippen molar-refractivity contribution in [2.24, 2.45) is 5.92 Å². The van der Waals surface area contributed by atoms with Gasteiger partial charge in [-0.25, -0.2) is 9.78 Å². The number of benzene rings is 1. The lowest BCUT2D eigenvalue weighted by atomic mass is 9.84. The third kappa shape index (κ3) is 5.18. The molecule has 1 aliphatic heterocycles. The van der Waals surface area contributed by atoms with Crippen LogP contribution in [-0.2, 0) is 6.42 Å². The number of hydrogen-bond donors (Lipinski definition) is 2. The minimum Gasteiger partial charge on any atom is -0.465 e. The number of hydrogen-bond acceptors (Lipinski definition) is 7. The number of rotatable bonds is 6. The highest BCUT2D eigenvalue weighted by Gasteiger charge is 2.28. The Bertz CT molecular complexity index is 1310. The van der Waals surface area contributed by atoms with Crippen molar-refractivity contribution in [2.45, 2.75) is 59.4 Å². The van der Waals surface area contributed by atoms with Crippen LogP contribution in [0.15, 0.2) is 28.9 Å². The monoisotopic (exact) mass is 488 g/mol. The average Bonchev–Trinajstić information content (AvgIpc) is 3.23. The predicted octanol–water partition coefficient (Wildman–Crippen LogP) is 5.46. The van der Waals surface area contributed by atoms with Gasteiger partial charge in [-0.2, -0.15) is 10.2 Å². The molecule has 0 aliphatic carbocycles. The van der Waals surface area contributed by atoms with Gasteiger partial charge in [-0.05, 0) is 62.3 Å². The maximum absolute atomic E-state index is 11.8. The molecular weight excluding hydrogens is 456 g/mol. The molecule has 4 rings (SSSR count). The molecule has 0 saturated heterocycles. The normalized spacial score (nSPS) is 15.5. The maximum atomic E-state index is 11.8. The quantitative estimate of drug-likeness (QED) is 0.468. The van der Waals surface area contributed by atoms with Crippen molar-refractivity contribution in [2.75, 3.05) is 18.4 Å². The fraction of sp³-hybridized carbons (Fsp3) is 0.444. The second-order valence-electron chi connectivity index (χ2n) is 10.1. The van der Waals surface area contributed by atoms with E-state index >= 15 is 0 Å². The largest absolute Gasteiger partial charge is 0.465 e. The molecule has 3 heterocycles. The minimum absolute atomic E-state index is 0.139. The zero-order valence-corrected chi connectivity index (χ0v) is 21.4. The van der Waals surface area contributed by atoms with Crippen LogP contribution < -0.4 is 5.32 Å². The number of nitrogens with one attached hydrogen (secondary N) is 1. The number of carbonyl (C=O) groups is 1. The van der Waals surface area contributed by atoms with Crippen LogP contribution in [0.4, 0.5) is 10.6 Å². The van der Waals surface area contributed by atoms with E-state index in [-0.39, 0.29) is 17.9 Å². The number of fused-ring (bicyclic) bond motifs is 1. The van der Waals surface area contributed by atoms with E-state index < -0.39 is 6.09 Å². The Morgan fingerprint density at radius 1 is 1.33 bits per heavy atom. The summed E-state index contributed by atoms with van der Waals surface area (Å²) in [6.45, 7) is 11.3. The highest BCUT2D eigenvalue weighted by Crippen LogP contribution is 2.36. The summed E-state index contributed by atoms with van der Waals surface area (Å²) >= 11 is 0. The molecule has 188 valence electrons. The van der Waals surface area contributed by atoms with Gasteiger partial charge in [0, 0.05) is 36.8 Å². The third-order valence-corrected chi connectivity index (χ3v) is 6.52. The molecule has 2 N–H and O–H groups in total.